The minimum Gasteiger partial charge on any atom is -0.349 e. The first-order valence-electron chi connectivity index (χ1n) is 8.24. The van der Waals surface area contributed by atoms with Crippen molar-refractivity contribution < 1.29 is 22.0 Å². The molecule has 0 radical (unpaired) electrons. The monoisotopic (exact) mass is 374 g/mol. The molecule has 1 amide bonds. The van der Waals surface area contributed by atoms with Crippen LogP contribution in [0.3, 0.4) is 0 Å². The van der Waals surface area contributed by atoms with Crippen LogP contribution in [0.1, 0.15) is 36.8 Å². The van der Waals surface area contributed by atoms with E-state index in [-0.39, 0.29) is 17.7 Å². The van der Waals surface area contributed by atoms with Gasteiger partial charge in [0.15, 0.2) is 14.6 Å². The molecule has 0 heterocycles. The largest absolute Gasteiger partial charge is 0.349 e. The molecule has 1 fully saturated rings. The second-order valence-corrected chi connectivity index (χ2v) is 8.94. The lowest BCUT2D eigenvalue weighted by atomic mass is 10.1. The van der Waals surface area contributed by atoms with Crippen molar-refractivity contribution in [3.63, 3.8) is 0 Å². The number of nitrogens with one attached hydrogen (secondary N) is 1. The molecule has 0 bridgehead atoms. The van der Waals surface area contributed by atoms with Crippen molar-refractivity contribution in [1.82, 2.24) is 5.32 Å². The molecule has 0 atom stereocenters. The number of sulfone groups is 1. The summed E-state index contributed by atoms with van der Waals surface area (Å²) in [5.74, 6) is -4.13. The van der Waals surface area contributed by atoms with Crippen molar-refractivity contribution in [3.8, 4) is 0 Å². The van der Waals surface area contributed by atoms with Gasteiger partial charge in [-0.25, -0.2) is 17.2 Å². The number of rotatable bonds is 6. The predicted molar refractivity (Wildman–Crippen MR) is 91.3 cm³/mol. The van der Waals surface area contributed by atoms with E-state index in [9.17, 15) is 22.0 Å². The summed E-state index contributed by atoms with van der Waals surface area (Å²) in [5.41, 5.74) is 6.27. The van der Waals surface area contributed by atoms with E-state index >= 15 is 0 Å². The number of alkyl halides is 2. The molecule has 8 heteroatoms. The number of carbonyl (C=O) groups excluding carboxylic acids is 1. The first kappa shape index (κ1) is 19.8. The van der Waals surface area contributed by atoms with Crippen LogP contribution < -0.4 is 11.1 Å². The number of benzene rings is 1. The first-order valence-corrected chi connectivity index (χ1v) is 9.72. The van der Waals surface area contributed by atoms with E-state index in [1.165, 1.54) is 6.07 Å². The van der Waals surface area contributed by atoms with Crippen LogP contribution in [0.4, 0.5) is 8.78 Å². The number of carbonyl (C=O) groups is 1. The highest BCUT2D eigenvalue weighted by Crippen LogP contribution is 2.41. The van der Waals surface area contributed by atoms with Crippen LogP contribution in [0.15, 0.2) is 23.1 Å². The van der Waals surface area contributed by atoms with Crippen molar-refractivity contribution in [2.75, 3.05) is 13.1 Å². The molecule has 0 saturated heterocycles. The van der Waals surface area contributed by atoms with Gasteiger partial charge in [-0.15, -0.1) is 0 Å². The molecular weight excluding hydrogens is 350 g/mol. The number of halogens is 2. The molecule has 0 spiro atoms. The molecular formula is C17H24F2N2O3S. The molecule has 25 heavy (non-hydrogen) atoms. The van der Waals surface area contributed by atoms with Crippen LogP contribution in [0.5, 0.6) is 0 Å². The highest BCUT2D eigenvalue weighted by Gasteiger charge is 2.53. The predicted octanol–water partition coefficient (Wildman–Crippen LogP) is 2.10. The molecule has 0 aliphatic heterocycles. The maximum Gasteiger partial charge on any atom is 0.277 e. The highest BCUT2D eigenvalue weighted by molar-refractivity contribution is 7.93. The van der Waals surface area contributed by atoms with E-state index in [1.54, 1.807) is 26.0 Å². The average molecular weight is 374 g/mol. The lowest BCUT2D eigenvalue weighted by Gasteiger charge is -2.29. The minimum absolute atomic E-state index is 0.0927. The van der Waals surface area contributed by atoms with Crippen LogP contribution in [0.25, 0.3) is 0 Å². The molecule has 1 aliphatic carbocycles. The van der Waals surface area contributed by atoms with Gasteiger partial charge in [-0.2, -0.15) is 0 Å². The fourth-order valence-electron chi connectivity index (χ4n) is 3.21. The van der Waals surface area contributed by atoms with Gasteiger partial charge >= 0.3 is 0 Å². The standard InChI is InChI=1S/C17H24F2N2O3S/c1-12-5-6-13(2)14(9-12)25(23,24)16(7-3-4-8-16)15(22)21-11-17(18,19)10-20/h5-6,9H,3-4,7-8,10-11,20H2,1-2H3,(H,21,22). The molecule has 5 nitrogen and oxygen atoms in total. The van der Waals surface area contributed by atoms with Crippen molar-refractivity contribution in [3.05, 3.63) is 29.3 Å². The second kappa shape index (κ2) is 6.99. The topological polar surface area (TPSA) is 89.3 Å². The summed E-state index contributed by atoms with van der Waals surface area (Å²) in [6.07, 6.45) is 1.38. The highest BCUT2D eigenvalue weighted by atomic mass is 32.2. The van der Waals surface area contributed by atoms with E-state index < -0.39 is 39.5 Å². The van der Waals surface area contributed by atoms with Gasteiger partial charge in [0, 0.05) is 0 Å². The lowest BCUT2D eigenvalue weighted by Crippen LogP contribution is -2.53. The quantitative estimate of drug-likeness (QED) is 0.798. The first-order chi connectivity index (χ1) is 11.6. The molecule has 0 aromatic heterocycles. The number of hydrogen-bond acceptors (Lipinski definition) is 4. The Bertz CT molecular complexity index is 757. The SMILES string of the molecule is Cc1ccc(C)c(S(=O)(=O)C2(C(=O)NCC(F)(F)CN)CCCC2)c1. The van der Waals surface area contributed by atoms with Crippen molar-refractivity contribution in [1.29, 1.82) is 0 Å². The summed E-state index contributed by atoms with van der Waals surface area (Å²) in [5, 5.41) is 2.12. The van der Waals surface area contributed by atoms with Gasteiger partial charge in [-0.1, -0.05) is 25.0 Å². The van der Waals surface area contributed by atoms with Gasteiger partial charge in [0.1, 0.15) is 0 Å². The summed E-state index contributed by atoms with van der Waals surface area (Å²) in [4.78, 5) is 12.8. The molecule has 140 valence electrons. The van der Waals surface area contributed by atoms with E-state index in [2.05, 4.69) is 5.32 Å². The van der Waals surface area contributed by atoms with Gasteiger partial charge in [-0.05, 0) is 43.9 Å². The van der Waals surface area contributed by atoms with Crippen LogP contribution in [0.2, 0.25) is 0 Å². The molecule has 2 rings (SSSR count). The van der Waals surface area contributed by atoms with Gasteiger partial charge in [-0.3, -0.25) is 4.79 Å². The number of aryl methyl sites for hydroxylation is 2. The van der Waals surface area contributed by atoms with Crippen molar-refractivity contribution in [2.24, 2.45) is 5.73 Å². The molecule has 1 aliphatic rings. The third-order valence-corrected chi connectivity index (χ3v) is 7.42. The molecule has 0 unspecified atom stereocenters. The molecule has 1 saturated carbocycles. The second-order valence-electron chi connectivity index (χ2n) is 6.72. The Kier molecular flexibility index (Phi) is 5.53. The Balaban J connectivity index is 2.42. The normalized spacial score (nSPS) is 17.5. The van der Waals surface area contributed by atoms with E-state index in [1.807, 2.05) is 0 Å². The number of nitrogens with two attached hydrogens (primary N) is 1. The maximum absolute atomic E-state index is 13.4. The van der Waals surface area contributed by atoms with Crippen LogP contribution in [-0.2, 0) is 14.6 Å². The van der Waals surface area contributed by atoms with Gasteiger partial charge < -0.3 is 11.1 Å². The Morgan fingerprint density at radius 3 is 2.44 bits per heavy atom. The van der Waals surface area contributed by atoms with Gasteiger partial charge in [0.25, 0.3) is 5.92 Å². The number of amides is 1. The van der Waals surface area contributed by atoms with Crippen LogP contribution in [-0.4, -0.2) is 38.1 Å². The summed E-state index contributed by atoms with van der Waals surface area (Å²) in [6, 6.07) is 5.01. The zero-order chi connectivity index (χ0) is 18.9. The molecule has 1 aromatic rings. The van der Waals surface area contributed by atoms with Gasteiger partial charge in [0.2, 0.25) is 5.91 Å². The smallest absolute Gasteiger partial charge is 0.277 e. The fraction of sp³-hybridized carbons (Fsp3) is 0.588. The van der Waals surface area contributed by atoms with E-state index in [0.29, 0.717) is 18.4 Å². The van der Waals surface area contributed by atoms with Crippen LogP contribution in [0, 0.1) is 13.8 Å². The lowest BCUT2D eigenvalue weighted by molar-refractivity contribution is -0.125. The summed E-state index contributed by atoms with van der Waals surface area (Å²) >= 11 is 0. The third-order valence-electron chi connectivity index (χ3n) is 4.78. The molecule has 1 aromatic carbocycles. The zero-order valence-electron chi connectivity index (χ0n) is 14.4. The Hall–Kier alpha value is -1.54. The van der Waals surface area contributed by atoms with Crippen molar-refractivity contribution in [2.45, 2.75) is 55.1 Å². The number of hydrogen-bond donors (Lipinski definition) is 2. The summed E-state index contributed by atoms with van der Waals surface area (Å²) in [6.45, 7) is 1.55. The average Bonchev–Trinajstić information content (AvgIpc) is 3.06. The van der Waals surface area contributed by atoms with Gasteiger partial charge in [0.05, 0.1) is 18.0 Å². The fourth-order valence-corrected chi connectivity index (χ4v) is 5.61. The van der Waals surface area contributed by atoms with E-state index in [0.717, 1.165) is 5.56 Å². The zero-order valence-corrected chi connectivity index (χ0v) is 15.3. The van der Waals surface area contributed by atoms with Crippen molar-refractivity contribution >= 4 is 15.7 Å². The van der Waals surface area contributed by atoms with E-state index in [4.69, 9.17) is 5.73 Å². The Morgan fingerprint density at radius 2 is 1.88 bits per heavy atom. The maximum atomic E-state index is 13.4. The third kappa shape index (κ3) is 3.69. The minimum atomic E-state index is -4.02. The molecule has 3 N–H and O–H groups in total. The Labute approximate surface area is 146 Å². The Morgan fingerprint density at radius 1 is 1.28 bits per heavy atom. The summed E-state index contributed by atoms with van der Waals surface area (Å²) < 4.78 is 51.6. The summed E-state index contributed by atoms with van der Waals surface area (Å²) in [7, 11) is -4.02. The van der Waals surface area contributed by atoms with Crippen LogP contribution >= 0.6 is 0 Å².